The highest BCUT2D eigenvalue weighted by Gasteiger charge is 2.35. The fourth-order valence-electron chi connectivity index (χ4n) is 1.76. The Balaban J connectivity index is 2.39. The maximum absolute atomic E-state index is 5.90. The number of methoxy groups -OCH3 is 1. The lowest BCUT2D eigenvalue weighted by atomic mass is 10.0. The fraction of sp³-hybridized carbons (Fsp3) is 0.455. The van der Waals surface area contributed by atoms with E-state index in [4.69, 9.17) is 9.47 Å². The molecule has 3 heteroatoms. The highest BCUT2D eigenvalue weighted by Crippen LogP contribution is 2.40. The highest BCUT2D eigenvalue weighted by molar-refractivity contribution is 14.1. The summed E-state index contributed by atoms with van der Waals surface area (Å²) in [4.78, 5) is 0. The molecule has 0 amide bonds. The molecule has 76 valence electrons. The number of hydrogen-bond acceptors (Lipinski definition) is 2. The van der Waals surface area contributed by atoms with E-state index < -0.39 is 0 Å². The summed E-state index contributed by atoms with van der Waals surface area (Å²) in [5, 5.41) is 0. The summed E-state index contributed by atoms with van der Waals surface area (Å²) in [6.45, 7) is 2.14. The highest BCUT2D eigenvalue weighted by atomic mass is 127. The molecule has 1 heterocycles. The van der Waals surface area contributed by atoms with Gasteiger partial charge in [0.05, 0.1) is 7.11 Å². The van der Waals surface area contributed by atoms with Crippen LogP contribution in [-0.2, 0) is 6.42 Å². The summed E-state index contributed by atoms with van der Waals surface area (Å²) in [5.74, 6) is 1.92. The molecule has 1 unspecified atom stereocenters. The first-order valence-corrected chi connectivity index (χ1v) is 6.12. The Bertz CT molecular complexity index is 351. The standard InChI is InChI=1S/C11H13IO2/c1-11(7-12)6-8-9(13-2)4-3-5-10(8)14-11/h3-5H,6-7H2,1-2H3. The molecule has 1 atom stereocenters. The first-order valence-electron chi connectivity index (χ1n) is 4.59. The van der Waals surface area contributed by atoms with Crippen molar-refractivity contribution >= 4 is 22.6 Å². The van der Waals surface area contributed by atoms with Gasteiger partial charge in [-0.15, -0.1) is 0 Å². The van der Waals surface area contributed by atoms with Crippen LogP contribution in [0.15, 0.2) is 18.2 Å². The molecule has 1 aliphatic heterocycles. The van der Waals surface area contributed by atoms with Crippen LogP contribution in [0.3, 0.4) is 0 Å². The number of rotatable bonds is 2. The third kappa shape index (κ3) is 1.58. The predicted octanol–water partition coefficient (Wildman–Crippen LogP) is 2.82. The van der Waals surface area contributed by atoms with Gasteiger partial charge in [-0.05, 0) is 19.1 Å². The summed E-state index contributed by atoms with van der Waals surface area (Å²) in [7, 11) is 1.70. The van der Waals surface area contributed by atoms with Crippen LogP contribution in [0.4, 0.5) is 0 Å². The Morgan fingerprint density at radius 2 is 2.36 bits per heavy atom. The van der Waals surface area contributed by atoms with Crippen LogP contribution in [0.1, 0.15) is 12.5 Å². The van der Waals surface area contributed by atoms with Crippen molar-refractivity contribution < 1.29 is 9.47 Å². The van der Waals surface area contributed by atoms with E-state index in [9.17, 15) is 0 Å². The lowest BCUT2D eigenvalue weighted by Gasteiger charge is -2.20. The monoisotopic (exact) mass is 304 g/mol. The second kappa shape index (κ2) is 3.61. The van der Waals surface area contributed by atoms with Crippen LogP contribution >= 0.6 is 22.6 Å². The first kappa shape index (κ1) is 10.1. The zero-order chi connectivity index (χ0) is 10.2. The molecule has 1 aromatic rings. The number of hydrogen-bond donors (Lipinski definition) is 0. The molecular formula is C11H13IO2. The number of alkyl halides is 1. The second-order valence-electron chi connectivity index (χ2n) is 3.80. The third-order valence-corrected chi connectivity index (χ3v) is 4.11. The van der Waals surface area contributed by atoms with Crippen LogP contribution in [0.25, 0.3) is 0 Å². The zero-order valence-electron chi connectivity index (χ0n) is 8.34. The van der Waals surface area contributed by atoms with Crippen molar-refractivity contribution in [2.24, 2.45) is 0 Å². The minimum Gasteiger partial charge on any atom is -0.496 e. The predicted molar refractivity (Wildman–Crippen MR) is 64.6 cm³/mol. The van der Waals surface area contributed by atoms with Crippen LogP contribution < -0.4 is 9.47 Å². The summed E-state index contributed by atoms with van der Waals surface area (Å²) in [6, 6.07) is 5.97. The van der Waals surface area contributed by atoms with Crippen molar-refractivity contribution in [2.75, 3.05) is 11.5 Å². The van der Waals surface area contributed by atoms with Gasteiger partial charge in [0.15, 0.2) is 0 Å². The molecule has 14 heavy (non-hydrogen) atoms. The molecule has 1 aliphatic rings. The molecule has 0 spiro atoms. The Morgan fingerprint density at radius 3 is 3.00 bits per heavy atom. The van der Waals surface area contributed by atoms with Crippen LogP contribution in [-0.4, -0.2) is 17.1 Å². The van der Waals surface area contributed by atoms with Gasteiger partial charge in [-0.2, -0.15) is 0 Å². The average molecular weight is 304 g/mol. The first-order chi connectivity index (χ1) is 6.68. The van der Waals surface area contributed by atoms with Gasteiger partial charge in [0.2, 0.25) is 0 Å². The van der Waals surface area contributed by atoms with Crippen molar-refractivity contribution in [3.05, 3.63) is 23.8 Å². The number of ether oxygens (including phenoxy) is 2. The van der Waals surface area contributed by atoms with Gasteiger partial charge in [0, 0.05) is 16.4 Å². The lowest BCUT2D eigenvalue weighted by Crippen LogP contribution is -2.31. The fourth-order valence-corrected chi connectivity index (χ4v) is 2.18. The average Bonchev–Trinajstić information content (AvgIpc) is 2.54. The Hall–Kier alpha value is -0.450. The van der Waals surface area contributed by atoms with E-state index in [1.165, 1.54) is 5.56 Å². The molecule has 0 aliphatic carbocycles. The molecule has 0 saturated heterocycles. The normalized spacial score (nSPS) is 24.2. The van der Waals surface area contributed by atoms with Gasteiger partial charge in [-0.3, -0.25) is 0 Å². The van der Waals surface area contributed by atoms with E-state index >= 15 is 0 Å². The smallest absolute Gasteiger partial charge is 0.127 e. The van der Waals surface area contributed by atoms with Gasteiger partial charge in [0.25, 0.3) is 0 Å². The van der Waals surface area contributed by atoms with Gasteiger partial charge in [-0.25, -0.2) is 0 Å². The minimum atomic E-state index is -0.0580. The Kier molecular flexibility index (Phi) is 2.60. The van der Waals surface area contributed by atoms with Crippen molar-refractivity contribution in [1.29, 1.82) is 0 Å². The summed E-state index contributed by atoms with van der Waals surface area (Å²) in [6.07, 6.45) is 0.940. The quantitative estimate of drug-likeness (QED) is 0.618. The largest absolute Gasteiger partial charge is 0.496 e. The molecule has 0 radical (unpaired) electrons. The van der Waals surface area contributed by atoms with E-state index in [2.05, 4.69) is 29.5 Å². The molecule has 0 fully saturated rings. The van der Waals surface area contributed by atoms with Crippen LogP contribution in [0.2, 0.25) is 0 Å². The lowest BCUT2D eigenvalue weighted by molar-refractivity contribution is 0.147. The Morgan fingerprint density at radius 1 is 1.57 bits per heavy atom. The minimum absolute atomic E-state index is 0.0580. The third-order valence-electron chi connectivity index (χ3n) is 2.50. The summed E-state index contributed by atoms with van der Waals surface area (Å²) in [5.41, 5.74) is 1.14. The van der Waals surface area contributed by atoms with E-state index in [1.807, 2.05) is 18.2 Å². The van der Waals surface area contributed by atoms with Crippen molar-refractivity contribution in [1.82, 2.24) is 0 Å². The van der Waals surface area contributed by atoms with Crippen molar-refractivity contribution in [3.63, 3.8) is 0 Å². The summed E-state index contributed by atoms with van der Waals surface area (Å²) >= 11 is 2.36. The van der Waals surface area contributed by atoms with Crippen molar-refractivity contribution in [2.45, 2.75) is 18.9 Å². The van der Waals surface area contributed by atoms with E-state index in [1.54, 1.807) is 7.11 Å². The van der Waals surface area contributed by atoms with E-state index in [0.29, 0.717) is 0 Å². The van der Waals surface area contributed by atoms with E-state index in [-0.39, 0.29) is 5.60 Å². The summed E-state index contributed by atoms with van der Waals surface area (Å²) < 4.78 is 12.2. The molecular weight excluding hydrogens is 291 g/mol. The number of benzene rings is 1. The molecule has 0 aromatic heterocycles. The van der Waals surface area contributed by atoms with Gasteiger partial charge in [-0.1, -0.05) is 28.7 Å². The van der Waals surface area contributed by atoms with Gasteiger partial charge < -0.3 is 9.47 Å². The number of halogens is 1. The SMILES string of the molecule is COc1cccc2c1CC(C)(CI)O2. The Labute approximate surface area is 97.7 Å². The van der Waals surface area contributed by atoms with Crippen LogP contribution in [0.5, 0.6) is 11.5 Å². The zero-order valence-corrected chi connectivity index (χ0v) is 10.5. The molecule has 2 nitrogen and oxygen atoms in total. The second-order valence-corrected chi connectivity index (χ2v) is 4.56. The molecule has 0 saturated carbocycles. The number of fused-ring (bicyclic) bond motifs is 1. The molecule has 2 rings (SSSR count). The van der Waals surface area contributed by atoms with Gasteiger partial charge in [0.1, 0.15) is 17.1 Å². The maximum atomic E-state index is 5.90. The maximum Gasteiger partial charge on any atom is 0.127 e. The van der Waals surface area contributed by atoms with Crippen molar-refractivity contribution in [3.8, 4) is 11.5 Å². The van der Waals surface area contributed by atoms with E-state index in [0.717, 1.165) is 22.3 Å². The van der Waals surface area contributed by atoms with Gasteiger partial charge >= 0.3 is 0 Å². The molecule has 1 aromatic carbocycles. The molecule has 0 bridgehead atoms. The molecule has 0 N–H and O–H groups in total. The van der Waals surface area contributed by atoms with Crippen LogP contribution in [0, 0.1) is 0 Å². The topological polar surface area (TPSA) is 18.5 Å².